The van der Waals surface area contributed by atoms with Crippen molar-refractivity contribution in [2.45, 2.75) is 26.2 Å². The minimum absolute atomic E-state index is 0.604. The Bertz CT molecular complexity index is 698. The predicted molar refractivity (Wildman–Crippen MR) is 95.9 cm³/mol. The van der Waals surface area contributed by atoms with E-state index in [2.05, 4.69) is 45.8 Å². The van der Waals surface area contributed by atoms with Crippen LogP contribution in [0.15, 0.2) is 46.9 Å². The molecule has 3 rings (SSSR count). The van der Waals surface area contributed by atoms with Gasteiger partial charge in [0.25, 0.3) is 0 Å². The van der Waals surface area contributed by atoms with Gasteiger partial charge in [-0.25, -0.2) is 4.98 Å². The van der Waals surface area contributed by atoms with Crippen molar-refractivity contribution < 1.29 is 9.15 Å². The van der Waals surface area contributed by atoms with Gasteiger partial charge in [-0.2, -0.15) is 0 Å². The lowest BCUT2D eigenvalue weighted by Crippen LogP contribution is -2.03. The molecule has 0 spiro atoms. The fourth-order valence-electron chi connectivity index (χ4n) is 2.37. The molecule has 0 bridgehead atoms. The van der Waals surface area contributed by atoms with Crippen LogP contribution in [0.1, 0.15) is 30.2 Å². The Morgan fingerprint density at radius 2 is 2.09 bits per heavy atom. The number of benzene rings is 1. The van der Waals surface area contributed by atoms with Gasteiger partial charge in [0.05, 0.1) is 12.3 Å². The molecule has 4 heteroatoms. The van der Waals surface area contributed by atoms with Crippen molar-refractivity contribution in [3.63, 3.8) is 0 Å². The van der Waals surface area contributed by atoms with Crippen molar-refractivity contribution in [1.29, 1.82) is 0 Å². The molecule has 1 aliphatic rings. The Kier molecular flexibility index (Phi) is 4.97. The summed E-state index contributed by atoms with van der Waals surface area (Å²) in [5.41, 5.74) is 2.16. The number of hydrogen-bond donors (Lipinski definition) is 0. The lowest BCUT2D eigenvalue weighted by molar-refractivity contribution is 0.320. The number of oxazole rings is 1. The summed E-state index contributed by atoms with van der Waals surface area (Å²) >= 11 is 2.28. The van der Waals surface area contributed by atoms with Gasteiger partial charge in [0.1, 0.15) is 11.5 Å². The molecule has 22 heavy (non-hydrogen) atoms. The quantitative estimate of drug-likeness (QED) is 0.659. The van der Waals surface area contributed by atoms with E-state index in [-0.39, 0.29) is 0 Å². The van der Waals surface area contributed by atoms with Gasteiger partial charge in [-0.15, -0.1) is 0 Å². The van der Waals surface area contributed by atoms with Crippen LogP contribution in [0.4, 0.5) is 0 Å². The number of ether oxygens (including phenoxy) is 1. The molecule has 1 aromatic carbocycles. The highest BCUT2D eigenvalue weighted by atomic mass is 127. The topological polar surface area (TPSA) is 35.3 Å². The number of nitrogens with zero attached hydrogens (tertiary/aromatic N) is 1. The van der Waals surface area contributed by atoms with Gasteiger partial charge < -0.3 is 9.15 Å². The molecule has 0 N–H and O–H groups in total. The smallest absolute Gasteiger partial charge is 0.222 e. The van der Waals surface area contributed by atoms with Crippen LogP contribution in [0.2, 0.25) is 0 Å². The molecule has 0 radical (unpaired) electrons. The van der Waals surface area contributed by atoms with Crippen LogP contribution < -0.4 is 4.74 Å². The molecule has 2 aromatic rings. The second-order valence-corrected chi connectivity index (χ2v) is 6.48. The largest absolute Gasteiger partial charge is 0.493 e. The fourth-order valence-corrected chi connectivity index (χ4v) is 2.73. The molecule has 0 unspecified atom stereocenters. The zero-order valence-electron chi connectivity index (χ0n) is 12.5. The first kappa shape index (κ1) is 15.3. The SMILES string of the molecule is Cc1oc(C2=CC=CCC2)nc1CCOc1ccc(I)cc1. The third kappa shape index (κ3) is 3.80. The van der Waals surface area contributed by atoms with Crippen LogP contribution >= 0.6 is 22.6 Å². The highest BCUT2D eigenvalue weighted by Gasteiger charge is 2.14. The van der Waals surface area contributed by atoms with Crippen molar-refractivity contribution in [2.24, 2.45) is 0 Å². The fraction of sp³-hybridized carbons (Fsp3) is 0.278. The molecule has 1 aliphatic carbocycles. The van der Waals surface area contributed by atoms with E-state index in [4.69, 9.17) is 9.15 Å². The molecule has 3 nitrogen and oxygen atoms in total. The number of hydrogen-bond acceptors (Lipinski definition) is 3. The van der Waals surface area contributed by atoms with Crippen molar-refractivity contribution in [2.75, 3.05) is 6.61 Å². The van der Waals surface area contributed by atoms with Crippen LogP contribution in [-0.2, 0) is 6.42 Å². The molecule has 0 fully saturated rings. The molecule has 0 aliphatic heterocycles. The third-order valence-electron chi connectivity index (χ3n) is 3.60. The first-order valence-electron chi connectivity index (χ1n) is 7.43. The summed E-state index contributed by atoms with van der Waals surface area (Å²) in [5, 5.41) is 0. The summed E-state index contributed by atoms with van der Waals surface area (Å²) in [7, 11) is 0. The summed E-state index contributed by atoms with van der Waals surface area (Å²) in [6, 6.07) is 8.06. The third-order valence-corrected chi connectivity index (χ3v) is 4.32. The van der Waals surface area contributed by atoms with E-state index in [1.54, 1.807) is 0 Å². The van der Waals surface area contributed by atoms with E-state index in [1.807, 2.05) is 31.2 Å². The summed E-state index contributed by atoms with van der Waals surface area (Å²) in [5.74, 6) is 2.53. The highest BCUT2D eigenvalue weighted by molar-refractivity contribution is 14.1. The van der Waals surface area contributed by atoms with Gasteiger partial charge in [-0.05, 0) is 66.6 Å². The lowest BCUT2D eigenvalue weighted by atomic mass is 10.1. The Morgan fingerprint density at radius 3 is 2.82 bits per heavy atom. The summed E-state index contributed by atoms with van der Waals surface area (Å²) < 4.78 is 12.8. The Morgan fingerprint density at radius 1 is 1.27 bits per heavy atom. The molecule has 0 saturated carbocycles. The van der Waals surface area contributed by atoms with Crippen LogP contribution in [-0.4, -0.2) is 11.6 Å². The van der Waals surface area contributed by atoms with Crippen molar-refractivity contribution in [3.05, 3.63) is 63.4 Å². The first-order chi connectivity index (χ1) is 10.7. The molecule has 0 amide bonds. The molecule has 114 valence electrons. The number of allylic oxidation sites excluding steroid dienone is 4. The van der Waals surface area contributed by atoms with E-state index < -0.39 is 0 Å². The van der Waals surface area contributed by atoms with Crippen LogP contribution in [0.3, 0.4) is 0 Å². The maximum absolute atomic E-state index is 5.80. The van der Waals surface area contributed by atoms with Crippen LogP contribution in [0.25, 0.3) is 5.57 Å². The van der Waals surface area contributed by atoms with E-state index >= 15 is 0 Å². The standard InChI is InChI=1S/C18H18INO2/c1-13-17(11-12-21-16-9-7-15(19)8-10-16)20-18(22-13)14-5-3-2-4-6-14/h2-3,5,7-10H,4,6,11-12H2,1H3. The maximum atomic E-state index is 5.80. The molecule has 1 heterocycles. The van der Waals surface area contributed by atoms with Crippen LogP contribution in [0, 0.1) is 10.5 Å². The molecular weight excluding hydrogens is 389 g/mol. The Hall–Kier alpha value is -1.56. The van der Waals surface area contributed by atoms with E-state index in [1.165, 1.54) is 9.14 Å². The maximum Gasteiger partial charge on any atom is 0.222 e. The molecule has 1 aromatic heterocycles. The zero-order valence-corrected chi connectivity index (χ0v) is 14.7. The average molecular weight is 407 g/mol. The van der Waals surface area contributed by atoms with Gasteiger partial charge in [-0.1, -0.05) is 18.2 Å². The van der Waals surface area contributed by atoms with Crippen molar-refractivity contribution in [1.82, 2.24) is 4.98 Å². The summed E-state index contributed by atoms with van der Waals surface area (Å²) in [6.45, 7) is 2.57. The normalized spacial score (nSPS) is 14.0. The van der Waals surface area contributed by atoms with E-state index in [0.29, 0.717) is 6.61 Å². The highest BCUT2D eigenvalue weighted by Crippen LogP contribution is 2.25. The van der Waals surface area contributed by atoms with Gasteiger partial charge in [0, 0.05) is 15.6 Å². The Labute approximate surface area is 144 Å². The second kappa shape index (κ2) is 7.13. The van der Waals surface area contributed by atoms with Crippen molar-refractivity contribution >= 4 is 28.2 Å². The number of halogens is 1. The summed E-state index contributed by atoms with van der Waals surface area (Å²) in [6.07, 6.45) is 9.12. The van der Waals surface area contributed by atoms with Gasteiger partial charge in [-0.3, -0.25) is 0 Å². The minimum Gasteiger partial charge on any atom is -0.493 e. The lowest BCUT2D eigenvalue weighted by Gasteiger charge is -2.05. The minimum atomic E-state index is 0.604. The zero-order chi connectivity index (χ0) is 15.4. The predicted octanol–water partition coefficient (Wildman–Crippen LogP) is 4.94. The van der Waals surface area contributed by atoms with E-state index in [9.17, 15) is 0 Å². The van der Waals surface area contributed by atoms with Gasteiger partial charge >= 0.3 is 0 Å². The molecule has 0 saturated heterocycles. The number of aromatic nitrogens is 1. The molecular formula is C18H18INO2. The number of aryl methyl sites for hydroxylation is 1. The second-order valence-electron chi connectivity index (χ2n) is 5.23. The van der Waals surface area contributed by atoms with Crippen LogP contribution in [0.5, 0.6) is 5.75 Å². The number of rotatable bonds is 5. The monoisotopic (exact) mass is 407 g/mol. The summed E-state index contributed by atoms with van der Waals surface area (Å²) in [4.78, 5) is 4.63. The van der Waals surface area contributed by atoms with Gasteiger partial charge in [0.2, 0.25) is 5.89 Å². The first-order valence-corrected chi connectivity index (χ1v) is 8.51. The molecule has 0 atom stereocenters. The Balaban J connectivity index is 1.61. The van der Waals surface area contributed by atoms with E-state index in [0.717, 1.165) is 42.4 Å². The van der Waals surface area contributed by atoms with Crippen molar-refractivity contribution in [3.8, 4) is 5.75 Å². The van der Waals surface area contributed by atoms with Gasteiger partial charge in [0.15, 0.2) is 0 Å². The average Bonchev–Trinajstić information content (AvgIpc) is 2.91.